The Morgan fingerprint density at radius 3 is 2.38 bits per heavy atom. The van der Waals surface area contributed by atoms with Crippen molar-refractivity contribution in [2.75, 3.05) is 19.6 Å². The van der Waals surface area contributed by atoms with Crippen LogP contribution in [0.1, 0.15) is 35.7 Å². The summed E-state index contributed by atoms with van der Waals surface area (Å²) < 4.78 is 14.5. The number of amides is 2. The number of piperidine rings is 1. The fraction of sp³-hybridized carbons (Fsp3) is 0.300. The summed E-state index contributed by atoms with van der Waals surface area (Å²) in [6, 6.07) is 19.4. The molecular formula is C30H29Cl2FN4O2. The fourth-order valence-corrected chi connectivity index (χ4v) is 5.24. The topological polar surface area (TPSA) is 85.2 Å². The number of nitrogens with zero attached hydrogens (tertiary/aromatic N) is 2. The smallest absolute Gasteiger partial charge is 0.253 e. The van der Waals surface area contributed by atoms with Gasteiger partial charge in [0, 0.05) is 30.1 Å². The zero-order valence-electron chi connectivity index (χ0n) is 21.5. The summed E-state index contributed by atoms with van der Waals surface area (Å²) in [5.41, 5.74) is 0.864. The lowest BCUT2D eigenvalue weighted by Gasteiger charge is -2.38. The van der Waals surface area contributed by atoms with Gasteiger partial charge in [-0.05, 0) is 54.8 Å². The van der Waals surface area contributed by atoms with Gasteiger partial charge in [-0.15, -0.1) is 0 Å². The molecule has 0 saturated carbocycles. The third kappa shape index (κ3) is 6.77. The molecule has 1 heterocycles. The molecule has 1 aliphatic heterocycles. The van der Waals surface area contributed by atoms with Crippen molar-refractivity contribution in [2.24, 2.45) is 0 Å². The molecule has 9 heteroatoms. The Kier molecular flexibility index (Phi) is 9.24. The summed E-state index contributed by atoms with van der Waals surface area (Å²) >= 11 is 12.8. The van der Waals surface area contributed by atoms with E-state index >= 15 is 0 Å². The number of carbonyl (C=O) groups is 2. The molecule has 1 atom stereocenters. The van der Waals surface area contributed by atoms with Crippen molar-refractivity contribution < 1.29 is 14.0 Å². The first kappa shape index (κ1) is 28.6. The summed E-state index contributed by atoms with van der Waals surface area (Å²) in [6.45, 7) is 4.24. The highest BCUT2D eigenvalue weighted by atomic mass is 35.5. The average molecular weight is 567 g/mol. The van der Waals surface area contributed by atoms with Gasteiger partial charge in [-0.3, -0.25) is 9.59 Å². The van der Waals surface area contributed by atoms with Crippen LogP contribution in [0.15, 0.2) is 66.7 Å². The molecule has 4 rings (SSSR count). The minimum absolute atomic E-state index is 0.0951. The van der Waals surface area contributed by atoms with Gasteiger partial charge in [-0.25, -0.2) is 4.39 Å². The SMILES string of the molecule is CCN1CCC(C#N)(NC(=O)[C@H](Cc2ccccc2F)NC(=O)c2ccc(-c3ccccc3Cl)cc2Cl)CC1. The van der Waals surface area contributed by atoms with E-state index in [0.29, 0.717) is 31.0 Å². The number of rotatable bonds is 8. The van der Waals surface area contributed by atoms with Crippen molar-refractivity contribution >= 4 is 35.0 Å². The van der Waals surface area contributed by atoms with Crippen LogP contribution in [-0.4, -0.2) is 47.9 Å². The highest BCUT2D eigenvalue weighted by Gasteiger charge is 2.38. The molecule has 0 unspecified atom stereocenters. The number of likely N-dealkylation sites (tertiary alicyclic amines) is 1. The van der Waals surface area contributed by atoms with Crippen LogP contribution in [0.25, 0.3) is 11.1 Å². The van der Waals surface area contributed by atoms with Crippen LogP contribution in [0, 0.1) is 17.1 Å². The van der Waals surface area contributed by atoms with Crippen molar-refractivity contribution in [3.63, 3.8) is 0 Å². The minimum atomic E-state index is -1.14. The molecule has 1 fully saturated rings. The number of nitrogens with one attached hydrogen (secondary N) is 2. The lowest BCUT2D eigenvalue weighted by atomic mass is 9.88. The predicted octanol–water partition coefficient (Wildman–Crippen LogP) is 5.63. The zero-order valence-corrected chi connectivity index (χ0v) is 23.0. The fourth-order valence-electron chi connectivity index (χ4n) is 4.73. The quantitative estimate of drug-likeness (QED) is 0.369. The number of benzene rings is 3. The normalized spacial score (nSPS) is 15.7. The summed E-state index contributed by atoms with van der Waals surface area (Å²) in [5.74, 6) is -1.63. The number of nitriles is 1. The summed E-state index contributed by atoms with van der Waals surface area (Å²) in [5, 5.41) is 16.3. The van der Waals surface area contributed by atoms with E-state index in [0.717, 1.165) is 17.7 Å². The first-order valence-electron chi connectivity index (χ1n) is 12.8. The largest absolute Gasteiger partial charge is 0.340 e. The van der Waals surface area contributed by atoms with Gasteiger partial charge in [-0.2, -0.15) is 5.26 Å². The second-order valence-electron chi connectivity index (χ2n) is 9.61. The Labute approximate surface area is 237 Å². The van der Waals surface area contributed by atoms with Crippen molar-refractivity contribution in [3.05, 3.63) is 93.7 Å². The Balaban J connectivity index is 1.57. The van der Waals surface area contributed by atoms with Gasteiger partial charge in [-0.1, -0.05) is 72.6 Å². The van der Waals surface area contributed by atoms with Crippen molar-refractivity contribution in [1.82, 2.24) is 15.5 Å². The Morgan fingerprint density at radius 2 is 1.74 bits per heavy atom. The summed E-state index contributed by atoms with van der Waals surface area (Å²) in [4.78, 5) is 29.0. The maximum atomic E-state index is 14.5. The maximum Gasteiger partial charge on any atom is 0.253 e. The van der Waals surface area contributed by atoms with Gasteiger partial charge in [0.1, 0.15) is 17.4 Å². The minimum Gasteiger partial charge on any atom is -0.340 e. The van der Waals surface area contributed by atoms with Crippen LogP contribution in [0.4, 0.5) is 4.39 Å². The predicted molar refractivity (Wildman–Crippen MR) is 151 cm³/mol. The van der Waals surface area contributed by atoms with E-state index in [2.05, 4.69) is 21.6 Å². The molecule has 1 aliphatic rings. The monoisotopic (exact) mass is 566 g/mol. The molecule has 2 amide bonds. The zero-order chi connectivity index (χ0) is 28.0. The van der Waals surface area contributed by atoms with Crippen molar-refractivity contribution in [1.29, 1.82) is 5.26 Å². The molecule has 202 valence electrons. The molecule has 0 bridgehead atoms. The average Bonchev–Trinajstić information content (AvgIpc) is 2.94. The van der Waals surface area contributed by atoms with Crippen LogP contribution < -0.4 is 10.6 Å². The standard InChI is InChI=1S/C30H29Cl2FN4O2/c1-2-37-15-13-30(19-34,14-16-37)36-29(39)27(18-21-7-3-6-10-26(21)33)35-28(38)23-12-11-20(17-25(23)32)22-8-4-5-9-24(22)31/h3-12,17,27H,2,13-16,18H2,1H3,(H,35,38)(H,36,39)/t27-/m0/s1. The second kappa shape index (κ2) is 12.6. The van der Waals surface area contributed by atoms with Crippen LogP contribution in [0.5, 0.6) is 0 Å². The first-order valence-corrected chi connectivity index (χ1v) is 13.5. The van der Waals surface area contributed by atoms with Crippen molar-refractivity contribution in [2.45, 2.75) is 37.8 Å². The highest BCUT2D eigenvalue weighted by Crippen LogP contribution is 2.31. The lowest BCUT2D eigenvalue weighted by molar-refractivity contribution is -0.124. The van der Waals surface area contributed by atoms with E-state index in [1.807, 2.05) is 25.1 Å². The maximum absolute atomic E-state index is 14.5. The molecule has 2 N–H and O–H groups in total. The number of carbonyl (C=O) groups excluding carboxylic acids is 2. The van der Waals surface area contributed by atoms with E-state index in [-0.39, 0.29) is 22.6 Å². The van der Waals surface area contributed by atoms with Crippen LogP contribution in [0.3, 0.4) is 0 Å². The molecule has 1 saturated heterocycles. The molecule has 0 radical (unpaired) electrons. The molecule has 0 aliphatic carbocycles. The van der Waals surface area contributed by atoms with Gasteiger partial charge in [0.05, 0.1) is 16.7 Å². The van der Waals surface area contributed by atoms with E-state index < -0.39 is 29.2 Å². The molecule has 3 aromatic rings. The second-order valence-corrected chi connectivity index (χ2v) is 10.4. The van der Waals surface area contributed by atoms with Crippen LogP contribution >= 0.6 is 23.2 Å². The van der Waals surface area contributed by atoms with Crippen LogP contribution in [-0.2, 0) is 11.2 Å². The lowest BCUT2D eigenvalue weighted by Crippen LogP contribution is -2.59. The summed E-state index contributed by atoms with van der Waals surface area (Å²) in [7, 11) is 0. The third-order valence-corrected chi connectivity index (χ3v) is 7.78. The van der Waals surface area contributed by atoms with Gasteiger partial charge in [0.2, 0.25) is 5.91 Å². The van der Waals surface area contributed by atoms with E-state index in [9.17, 15) is 19.2 Å². The van der Waals surface area contributed by atoms with Gasteiger partial charge in [0.15, 0.2) is 0 Å². The van der Waals surface area contributed by atoms with E-state index in [4.69, 9.17) is 23.2 Å². The molecular weight excluding hydrogens is 538 g/mol. The van der Waals surface area contributed by atoms with Gasteiger partial charge < -0.3 is 15.5 Å². The van der Waals surface area contributed by atoms with Gasteiger partial charge in [0.25, 0.3) is 5.91 Å². The third-order valence-electron chi connectivity index (χ3n) is 7.14. The molecule has 0 spiro atoms. The van der Waals surface area contributed by atoms with Gasteiger partial charge >= 0.3 is 0 Å². The molecule has 39 heavy (non-hydrogen) atoms. The number of hydrogen-bond donors (Lipinski definition) is 2. The summed E-state index contributed by atoms with van der Waals surface area (Å²) in [6.07, 6.45) is 0.819. The Morgan fingerprint density at radius 1 is 1.05 bits per heavy atom. The van der Waals surface area contributed by atoms with E-state index in [1.54, 1.807) is 42.5 Å². The molecule has 3 aromatic carbocycles. The number of halogens is 3. The Bertz CT molecular complexity index is 1400. The Hall–Kier alpha value is -3.44. The van der Waals surface area contributed by atoms with Crippen LogP contribution in [0.2, 0.25) is 10.0 Å². The first-order chi connectivity index (χ1) is 18.7. The molecule has 6 nitrogen and oxygen atoms in total. The van der Waals surface area contributed by atoms with E-state index in [1.165, 1.54) is 6.07 Å². The highest BCUT2D eigenvalue weighted by molar-refractivity contribution is 6.35. The van der Waals surface area contributed by atoms with Crippen molar-refractivity contribution in [3.8, 4) is 17.2 Å². The molecule has 0 aromatic heterocycles. The number of hydrogen-bond acceptors (Lipinski definition) is 4.